The van der Waals surface area contributed by atoms with Gasteiger partial charge < -0.3 is 19.5 Å². The van der Waals surface area contributed by atoms with Gasteiger partial charge in [0.25, 0.3) is 5.91 Å². The highest BCUT2D eigenvalue weighted by molar-refractivity contribution is 5.94. The number of unbranched alkanes of at least 4 members (excludes halogenated alkanes) is 1. The molecular formula is C22H29NO4. The molecule has 0 aliphatic rings. The predicted octanol–water partition coefficient (Wildman–Crippen LogP) is 4.59. The lowest BCUT2D eigenvalue weighted by Gasteiger charge is -2.12. The Morgan fingerprint density at radius 3 is 2.37 bits per heavy atom. The number of methoxy groups -OCH3 is 1. The van der Waals surface area contributed by atoms with Crippen molar-refractivity contribution in [2.75, 3.05) is 20.3 Å². The number of hydrogen-bond donors (Lipinski definition) is 1. The van der Waals surface area contributed by atoms with Gasteiger partial charge in [-0.05, 0) is 54.8 Å². The minimum absolute atomic E-state index is 0.126. The van der Waals surface area contributed by atoms with Crippen LogP contribution in [0.1, 0.15) is 49.0 Å². The highest BCUT2D eigenvalue weighted by Gasteiger charge is 2.09. The first-order chi connectivity index (χ1) is 13.2. The van der Waals surface area contributed by atoms with E-state index in [0.29, 0.717) is 31.1 Å². The van der Waals surface area contributed by atoms with Crippen molar-refractivity contribution in [3.8, 4) is 17.2 Å². The van der Waals surface area contributed by atoms with Crippen molar-refractivity contribution in [1.29, 1.82) is 0 Å². The Kier molecular flexibility index (Phi) is 8.49. The Balaban J connectivity index is 1.92. The van der Waals surface area contributed by atoms with Crippen LogP contribution in [-0.4, -0.2) is 26.2 Å². The van der Waals surface area contributed by atoms with E-state index >= 15 is 0 Å². The second kappa shape index (κ2) is 11.1. The smallest absolute Gasteiger partial charge is 0.251 e. The lowest BCUT2D eigenvalue weighted by atomic mass is 10.1. The van der Waals surface area contributed by atoms with Crippen LogP contribution in [0.4, 0.5) is 0 Å². The number of ether oxygens (including phenoxy) is 3. The van der Waals surface area contributed by atoms with Crippen LogP contribution in [-0.2, 0) is 6.54 Å². The summed E-state index contributed by atoms with van der Waals surface area (Å²) in [5.74, 6) is 2.05. The maximum absolute atomic E-state index is 12.3. The lowest BCUT2D eigenvalue weighted by Crippen LogP contribution is -2.22. The number of hydrogen-bond acceptors (Lipinski definition) is 4. The molecule has 2 aromatic rings. The number of carbonyl (C=O) groups excluding carboxylic acids is 1. The van der Waals surface area contributed by atoms with Gasteiger partial charge in [-0.2, -0.15) is 0 Å². The minimum Gasteiger partial charge on any atom is -0.494 e. The first-order valence-corrected chi connectivity index (χ1v) is 9.48. The Hall–Kier alpha value is -2.69. The summed E-state index contributed by atoms with van der Waals surface area (Å²) in [6.45, 7) is 5.93. The van der Waals surface area contributed by atoms with E-state index in [-0.39, 0.29) is 5.91 Å². The maximum Gasteiger partial charge on any atom is 0.251 e. The second-order valence-corrected chi connectivity index (χ2v) is 6.24. The third-order valence-electron chi connectivity index (χ3n) is 4.03. The summed E-state index contributed by atoms with van der Waals surface area (Å²) in [7, 11) is 1.62. The van der Waals surface area contributed by atoms with Gasteiger partial charge in [0.2, 0.25) is 0 Å². The van der Waals surface area contributed by atoms with Crippen molar-refractivity contribution in [3.63, 3.8) is 0 Å². The average molecular weight is 371 g/mol. The van der Waals surface area contributed by atoms with E-state index in [2.05, 4.69) is 19.2 Å². The zero-order chi connectivity index (χ0) is 19.5. The Bertz CT molecular complexity index is 713. The lowest BCUT2D eigenvalue weighted by molar-refractivity contribution is 0.0951. The van der Waals surface area contributed by atoms with E-state index in [1.807, 2.05) is 30.3 Å². The van der Waals surface area contributed by atoms with E-state index in [1.165, 1.54) is 0 Å². The van der Waals surface area contributed by atoms with Crippen LogP contribution in [0.3, 0.4) is 0 Å². The first-order valence-electron chi connectivity index (χ1n) is 9.48. The molecule has 1 N–H and O–H groups in total. The number of carbonyl (C=O) groups is 1. The summed E-state index contributed by atoms with van der Waals surface area (Å²) in [6, 6.07) is 12.9. The van der Waals surface area contributed by atoms with Crippen molar-refractivity contribution in [3.05, 3.63) is 53.6 Å². The fourth-order valence-corrected chi connectivity index (χ4v) is 2.47. The van der Waals surface area contributed by atoms with Crippen LogP contribution >= 0.6 is 0 Å². The Morgan fingerprint density at radius 1 is 0.926 bits per heavy atom. The van der Waals surface area contributed by atoms with Crippen molar-refractivity contribution in [1.82, 2.24) is 5.32 Å². The molecule has 0 saturated carbocycles. The number of rotatable bonds is 11. The molecule has 0 aliphatic carbocycles. The largest absolute Gasteiger partial charge is 0.494 e. The molecule has 0 heterocycles. The van der Waals surface area contributed by atoms with Crippen LogP contribution in [0.5, 0.6) is 17.2 Å². The first kappa shape index (κ1) is 20.6. The molecule has 0 radical (unpaired) electrons. The highest BCUT2D eigenvalue weighted by Crippen LogP contribution is 2.28. The number of amides is 1. The van der Waals surface area contributed by atoms with E-state index in [1.54, 1.807) is 19.2 Å². The maximum atomic E-state index is 12.3. The summed E-state index contributed by atoms with van der Waals surface area (Å²) in [5.41, 5.74) is 1.55. The van der Waals surface area contributed by atoms with Gasteiger partial charge in [0.05, 0.1) is 20.3 Å². The molecule has 0 bridgehead atoms. The van der Waals surface area contributed by atoms with Gasteiger partial charge >= 0.3 is 0 Å². The highest BCUT2D eigenvalue weighted by atomic mass is 16.5. The Labute approximate surface area is 161 Å². The molecule has 0 atom stereocenters. The normalized spacial score (nSPS) is 10.3. The molecule has 27 heavy (non-hydrogen) atoms. The SMILES string of the molecule is CCCCOc1ccc(CNC(=O)c2ccc(OCCC)cc2)cc1OC. The third-order valence-corrected chi connectivity index (χ3v) is 4.03. The zero-order valence-corrected chi connectivity index (χ0v) is 16.4. The van der Waals surface area contributed by atoms with Crippen LogP contribution in [0.2, 0.25) is 0 Å². The van der Waals surface area contributed by atoms with Crippen LogP contribution < -0.4 is 19.5 Å². The molecule has 0 aliphatic heterocycles. The van der Waals surface area contributed by atoms with Gasteiger partial charge in [0.1, 0.15) is 5.75 Å². The summed E-state index contributed by atoms with van der Waals surface area (Å²) in [6.07, 6.45) is 3.04. The van der Waals surface area contributed by atoms with Gasteiger partial charge in [-0.1, -0.05) is 26.3 Å². The molecule has 0 spiro atoms. The quantitative estimate of drug-likeness (QED) is 0.587. The molecule has 2 aromatic carbocycles. The molecule has 5 nitrogen and oxygen atoms in total. The van der Waals surface area contributed by atoms with E-state index in [0.717, 1.165) is 36.3 Å². The molecule has 2 rings (SSSR count). The number of benzene rings is 2. The van der Waals surface area contributed by atoms with E-state index in [4.69, 9.17) is 14.2 Å². The molecule has 1 amide bonds. The fourth-order valence-electron chi connectivity index (χ4n) is 2.47. The summed E-state index contributed by atoms with van der Waals surface area (Å²) in [4.78, 5) is 12.3. The molecule has 0 unspecified atom stereocenters. The van der Waals surface area contributed by atoms with Gasteiger partial charge in [-0.25, -0.2) is 0 Å². The van der Waals surface area contributed by atoms with E-state index in [9.17, 15) is 4.79 Å². The van der Waals surface area contributed by atoms with Crippen molar-refractivity contribution < 1.29 is 19.0 Å². The molecule has 0 aromatic heterocycles. The molecular weight excluding hydrogens is 342 g/mol. The molecule has 0 fully saturated rings. The fraction of sp³-hybridized carbons (Fsp3) is 0.409. The summed E-state index contributed by atoms with van der Waals surface area (Å²) in [5, 5.41) is 2.92. The number of nitrogens with one attached hydrogen (secondary N) is 1. The monoisotopic (exact) mass is 371 g/mol. The third kappa shape index (κ3) is 6.51. The standard InChI is InChI=1S/C22H29NO4/c1-4-6-14-27-20-12-7-17(15-21(20)25-3)16-23-22(24)18-8-10-19(11-9-18)26-13-5-2/h7-12,15H,4-6,13-14,16H2,1-3H3,(H,23,24). The molecule has 0 saturated heterocycles. The average Bonchev–Trinajstić information content (AvgIpc) is 2.71. The van der Waals surface area contributed by atoms with Crippen molar-refractivity contribution in [2.24, 2.45) is 0 Å². The predicted molar refractivity (Wildman–Crippen MR) is 107 cm³/mol. The summed E-state index contributed by atoms with van der Waals surface area (Å²) >= 11 is 0. The van der Waals surface area contributed by atoms with Crippen LogP contribution in [0.25, 0.3) is 0 Å². The van der Waals surface area contributed by atoms with Crippen LogP contribution in [0.15, 0.2) is 42.5 Å². The zero-order valence-electron chi connectivity index (χ0n) is 16.4. The topological polar surface area (TPSA) is 56.8 Å². The summed E-state index contributed by atoms with van der Waals surface area (Å²) < 4.78 is 16.7. The van der Waals surface area contributed by atoms with E-state index < -0.39 is 0 Å². The van der Waals surface area contributed by atoms with Crippen molar-refractivity contribution >= 4 is 5.91 Å². The Morgan fingerprint density at radius 2 is 1.70 bits per heavy atom. The van der Waals surface area contributed by atoms with Gasteiger partial charge in [0, 0.05) is 12.1 Å². The molecule has 146 valence electrons. The second-order valence-electron chi connectivity index (χ2n) is 6.24. The molecule has 5 heteroatoms. The van der Waals surface area contributed by atoms with Gasteiger partial charge in [-0.3, -0.25) is 4.79 Å². The van der Waals surface area contributed by atoms with Gasteiger partial charge in [0.15, 0.2) is 11.5 Å². The van der Waals surface area contributed by atoms with Crippen molar-refractivity contribution in [2.45, 2.75) is 39.7 Å². The van der Waals surface area contributed by atoms with Crippen LogP contribution in [0, 0.1) is 0 Å². The van der Waals surface area contributed by atoms with Gasteiger partial charge in [-0.15, -0.1) is 0 Å². The minimum atomic E-state index is -0.126.